The lowest BCUT2D eigenvalue weighted by atomic mass is 10.0. The number of sulfone groups is 1. The van der Waals surface area contributed by atoms with Crippen molar-refractivity contribution in [2.45, 2.75) is 16.1 Å². The Kier molecular flexibility index (Phi) is 3.71. The minimum Gasteiger partial charge on any atom is -0.395 e. The maximum atomic E-state index is 13.5. The second kappa shape index (κ2) is 5.44. The van der Waals surface area contributed by atoms with Crippen LogP contribution in [0, 0.1) is 22.6 Å². The van der Waals surface area contributed by atoms with Crippen LogP contribution in [0.2, 0.25) is 0 Å². The molecule has 3 rings (SSSR count). The SMILES string of the molecule is N#C[C@]1(CO)[C@H](c2cccc(F)c2)[C@@H]1S(=O)(=O)c1ccccc1. The summed E-state index contributed by atoms with van der Waals surface area (Å²) in [5.74, 6) is -1.26. The van der Waals surface area contributed by atoms with Crippen molar-refractivity contribution >= 4 is 9.84 Å². The molecule has 4 nitrogen and oxygen atoms in total. The number of aliphatic hydroxyl groups excluding tert-OH is 1. The highest BCUT2D eigenvalue weighted by molar-refractivity contribution is 7.92. The summed E-state index contributed by atoms with van der Waals surface area (Å²) in [5, 5.41) is 18.0. The molecule has 0 aliphatic heterocycles. The van der Waals surface area contributed by atoms with Crippen LogP contribution in [0.1, 0.15) is 11.5 Å². The molecule has 0 radical (unpaired) electrons. The van der Waals surface area contributed by atoms with E-state index in [0.29, 0.717) is 5.56 Å². The highest BCUT2D eigenvalue weighted by atomic mass is 32.2. The molecule has 1 aliphatic rings. The maximum Gasteiger partial charge on any atom is 0.183 e. The molecule has 1 fully saturated rings. The third-order valence-corrected chi connectivity index (χ3v) is 6.63. The van der Waals surface area contributed by atoms with Crippen LogP contribution in [0.25, 0.3) is 0 Å². The van der Waals surface area contributed by atoms with E-state index in [0.717, 1.165) is 0 Å². The molecule has 0 unspecified atom stereocenters. The van der Waals surface area contributed by atoms with Crippen LogP contribution >= 0.6 is 0 Å². The fraction of sp³-hybridized carbons (Fsp3) is 0.235. The van der Waals surface area contributed by atoms with Gasteiger partial charge in [0.25, 0.3) is 0 Å². The molecule has 0 heterocycles. The van der Waals surface area contributed by atoms with E-state index < -0.39 is 38.8 Å². The van der Waals surface area contributed by atoms with Crippen molar-refractivity contribution in [1.82, 2.24) is 0 Å². The Morgan fingerprint density at radius 3 is 2.43 bits per heavy atom. The predicted octanol–water partition coefficient (Wildman–Crippen LogP) is 2.27. The van der Waals surface area contributed by atoms with Gasteiger partial charge < -0.3 is 5.11 Å². The van der Waals surface area contributed by atoms with Crippen molar-refractivity contribution in [3.05, 3.63) is 66.0 Å². The molecule has 118 valence electrons. The highest BCUT2D eigenvalue weighted by Gasteiger charge is 2.72. The van der Waals surface area contributed by atoms with Crippen LogP contribution in [-0.4, -0.2) is 25.4 Å². The van der Waals surface area contributed by atoms with Gasteiger partial charge in [-0.2, -0.15) is 5.26 Å². The van der Waals surface area contributed by atoms with E-state index in [2.05, 4.69) is 0 Å². The van der Waals surface area contributed by atoms with E-state index in [9.17, 15) is 23.2 Å². The molecule has 0 aromatic heterocycles. The van der Waals surface area contributed by atoms with Crippen molar-refractivity contribution < 1.29 is 17.9 Å². The van der Waals surface area contributed by atoms with E-state index in [1.54, 1.807) is 24.3 Å². The first-order valence-electron chi connectivity index (χ1n) is 7.04. The van der Waals surface area contributed by atoms with Gasteiger partial charge in [0.1, 0.15) is 11.2 Å². The smallest absolute Gasteiger partial charge is 0.183 e. The fourth-order valence-electron chi connectivity index (χ4n) is 3.15. The molecular weight excluding hydrogens is 317 g/mol. The average molecular weight is 331 g/mol. The molecule has 2 aromatic carbocycles. The monoisotopic (exact) mass is 331 g/mol. The van der Waals surface area contributed by atoms with Gasteiger partial charge in [-0.15, -0.1) is 0 Å². The van der Waals surface area contributed by atoms with Crippen molar-refractivity contribution in [2.75, 3.05) is 6.61 Å². The minimum absolute atomic E-state index is 0.0944. The van der Waals surface area contributed by atoms with Gasteiger partial charge in [0, 0.05) is 5.92 Å². The first kappa shape index (κ1) is 15.7. The number of nitrogens with zero attached hydrogens (tertiary/aromatic N) is 1. The Labute approximate surface area is 133 Å². The van der Waals surface area contributed by atoms with Gasteiger partial charge in [-0.25, -0.2) is 12.8 Å². The summed E-state index contributed by atoms with van der Waals surface area (Å²) in [6.07, 6.45) is 0. The molecule has 1 aliphatic carbocycles. The maximum absolute atomic E-state index is 13.5. The second-order valence-electron chi connectivity index (χ2n) is 5.62. The van der Waals surface area contributed by atoms with E-state index in [4.69, 9.17) is 0 Å². The third kappa shape index (κ3) is 2.33. The first-order valence-corrected chi connectivity index (χ1v) is 8.58. The van der Waals surface area contributed by atoms with Gasteiger partial charge in [-0.05, 0) is 29.8 Å². The fourth-order valence-corrected chi connectivity index (χ4v) is 5.48. The summed E-state index contributed by atoms with van der Waals surface area (Å²) in [5.41, 5.74) is -1.03. The van der Waals surface area contributed by atoms with Crippen LogP contribution in [-0.2, 0) is 9.84 Å². The van der Waals surface area contributed by atoms with E-state index in [-0.39, 0.29) is 4.90 Å². The quantitative estimate of drug-likeness (QED) is 0.932. The summed E-state index contributed by atoms with van der Waals surface area (Å²) >= 11 is 0. The Bertz CT molecular complexity index is 876. The van der Waals surface area contributed by atoms with Gasteiger partial charge >= 0.3 is 0 Å². The van der Waals surface area contributed by atoms with E-state index >= 15 is 0 Å². The Hall–Kier alpha value is -2.23. The molecule has 2 aromatic rings. The van der Waals surface area contributed by atoms with Crippen LogP contribution in [0.15, 0.2) is 59.5 Å². The van der Waals surface area contributed by atoms with Gasteiger partial charge in [-0.3, -0.25) is 0 Å². The molecule has 0 amide bonds. The standard InChI is InChI=1S/C17H14FNO3S/c18-13-6-4-5-12(9-13)15-16(17(15,10-19)11-20)23(21,22)14-7-2-1-3-8-14/h1-9,15-16,20H,11H2/t15-,16+,17+/m1/s1. The van der Waals surface area contributed by atoms with Crippen molar-refractivity contribution in [1.29, 1.82) is 5.26 Å². The predicted molar refractivity (Wildman–Crippen MR) is 81.7 cm³/mol. The highest BCUT2D eigenvalue weighted by Crippen LogP contribution is 2.63. The Balaban J connectivity index is 2.10. The lowest BCUT2D eigenvalue weighted by Gasteiger charge is -2.05. The molecule has 0 bridgehead atoms. The average Bonchev–Trinajstić information content (AvgIpc) is 3.26. The van der Waals surface area contributed by atoms with Crippen molar-refractivity contribution in [2.24, 2.45) is 5.41 Å². The van der Waals surface area contributed by atoms with Crippen molar-refractivity contribution in [3.63, 3.8) is 0 Å². The number of hydrogen-bond acceptors (Lipinski definition) is 4. The summed E-state index contributed by atoms with van der Waals surface area (Å²) in [6.45, 7) is -0.596. The summed E-state index contributed by atoms with van der Waals surface area (Å²) in [6, 6.07) is 15.3. The molecule has 0 saturated heterocycles. The van der Waals surface area contributed by atoms with Crippen LogP contribution < -0.4 is 0 Å². The summed E-state index contributed by atoms with van der Waals surface area (Å²) in [4.78, 5) is 0.0944. The minimum atomic E-state index is -3.81. The number of aliphatic hydroxyl groups is 1. The first-order chi connectivity index (χ1) is 11.0. The zero-order valence-electron chi connectivity index (χ0n) is 12.1. The van der Waals surface area contributed by atoms with Gasteiger partial charge in [-0.1, -0.05) is 30.3 Å². The van der Waals surface area contributed by atoms with E-state index in [1.807, 2.05) is 6.07 Å². The molecule has 1 saturated carbocycles. The van der Waals surface area contributed by atoms with Gasteiger partial charge in [0.15, 0.2) is 9.84 Å². The third-order valence-electron chi connectivity index (χ3n) is 4.34. The molecule has 23 heavy (non-hydrogen) atoms. The van der Waals surface area contributed by atoms with Crippen molar-refractivity contribution in [3.8, 4) is 6.07 Å². The number of benzene rings is 2. The van der Waals surface area contributed by atoms with E-state index in [1.165, 1.54) is 30.3 Å². The molecule has 6 heteroatoms. The lowest BCUT2D eigenvalue weighted by Crippen LogP contribution is -2.18. The number of halogens is 1. The zero-order chi connectivity index (χ0) is 16.7. The molecular formula is C17H14FNO3S. The van der Waals surface area contributed by atoms with Crippen LogP contribution in [0.4, 0.5) is 4.39 Å². The van der Waals surface area contributed by atoms with Crippen LogP contribution in [0.3, 0.4) is 0 Å². The number of nitriles is 1. The molecule has 3 atom stereocenters. The molecule has 1 N–H and O–H groups in total. The summed E-state index contributed by atoms with van der Waals surface area (Å²) in [7, 11) is -3.81. The number of rotatable bonds is 4. The Morgan fingerprint density at radius 2 is 1.87 bits per heavy atom. The topological polar surface area (TPSA) is 78.2 Å². The largest absolute Gasteiger partial charge is 0.395 e. The normalized spacial score (nSPS) is 26.5. The van der Waals surface area contributed by atoms with Gasteiger partial charge in [0.05, 0.1) is 22.8 Å². The van der Waals surface area contributed by atoms with Gasteiger partial charge in [0.2, 0.25) is 0 Å². The number of hydrogen-bond donors (Lipinski definition) is 1. The lowest BCUT2D eigenvalue weighted by molar-refractivity contribution is 0.242. The zero-order valence-corrected chi connectivity index (χ0v) is 12.9. The summed E-state index contributed by atoms with van der Waals surface area (Å²) < 4.78 is 39.1. The van der Waals surface area contributed by atoms with Crippen LogP contribution in [0.5, 0.6) is 0 Å². The molecule has 0 spiro atoms. The Morgan fingerprint density at radius 1 is 1.17 bits per heavy atom. The second-order valence-corrected chi connectivity index (χ2v) is 7.69.